The van der Waals surface area contributed by atoms with Gasteiger partial charge in [-0.3, -0.25) is 14.6 Å². The number of likely N-dealkylation sites (tertiary alicyclic amines) is 1. The Bertz CT molecular complexity index is 766. The van der Waals surface area contributed by atoms with Gasteiger partial charge in [0.15, 0.2) is 0 Å². The highest BCUT2D eigenvalue weighted by Gasteiger charge is 2.44. The van der Waals surface area contributed by atoms with Crippen molar-refractivity contribution in [2.24, 2.45) is 0 Å². The smallest absolute Gasteiger partial charge is 0.254 e. The zero-order chi connectivity index (χ0) is 17.2. The summed E-state index contributed by atoms with van der Waals surface area (Å²) in [5, 5.41) is 0. The van der Waals surface area contributed by atoms with Crippen LogP contribution in [0, 0.1) is 0 Å². The van der Waals surface area contributed by atoms with Gasteiger partial charge in [0.05, 0.1) is 12.1 Å². The van der Waals surface area contributed by atoms with E-state index in [4.69, 9.17) is 4.74 Å². The van der Waals surface area contributed by atoms with Crippen LogP contribution in [0.5, 0.6) is 0 Å². The lowest BCUT2D eigenvalue weighted by atomic mass is 10.1. The van der Waals surface area contributed by atoms with Crippen molar-refractivity contribution in [1.82, 2.24) is 14.8 Å². The maximum atomic E-state index is 12.7. The largest absolute Gasteiger partial charge is 0.364 e. The molecule has 25 heavy (non-hydrogen) atoms. The molecule has 2 fully saturated rings. The Hall–Kier alpha value is -2.73. The number of ether oxygens (including phenoxy) is 1. The third-order valence-electron chi connectivity index (χ3n) is 4.79. The number of amides is 2. The number of morpholine rings is 1. The minimum absolute atomic E-state index is 0.0247. The van der Waals surface area contributed by atoms with Crippen molar-refractivity contribution >= 4 is 11.8 Å². The molecule has 0 aliphatic carbocycles. The Morgan fingerprint density at radius 1 is 1.12 bits per heavy atom. The van der Waals surface area contributed by atoms with Gasteiger partial charge in [-0.15, -0.1) is 0 Å². The van der Waals surface area contributed by atoms with Crippen molar-refractivity contribution in [3.63, 3.8) is 0 Å². The maximum absolute atomic E-state index is 12.7. The molecule has 6 nitrogen and oxygen atoms in total. The number of fused-ring (bicyclic) bond motifs is 1. The number of aromatic nitrogens is 1. The van der Waals surface area contributed by atoms with E-state index < -0.39 is 0 Å². The maximum Gasteiger partial charge on any atom is 0.254 e. The molecular weight excluding hydrogens is 318 g/mol. The molecule has 0 N–H and O–H groups in total. The van der Waals surface area contributed by atoms with Gasteiger partial charge in [0, 0.05) is 37.6 Å². The van der Waals surface area contributed by atoms with Crippen LogP contribution in [0.3, 0.4) is 0 Å². The molecule has 2 saturated heterocycles. The van der Waals surface area contributed by atoms with Crippen LogP contribution < -0.4 is 0 Å². The van der Waals surface area contributed by atoms with Crippen LogP contribution >= 0.6 is 0 Å². The summed E-state index contributed by atoms with van der Waals surface area (Å²) in [6.45, 7) is 1.61. The zero-order valence-corrected chi connectivity index (χ0v) is 13.7. The van der Waals surface area contributed by atoms with Gasteiger partial charge < -0.3 is 14.5 Å². The molecular formula is C19H19N3O3. The van der Waals surface area contributed by atoms with Crippen LogP contribution in [-0.4, -0.2) is 58.4 Å². The van der Waals surface area contributed by atoms with Crippen LogP contribution in [0.1, 0.15) is 15.9 Å². The summed E-state index contributed by atoms with van der Waals surface area (Å²) >= 11 is 0. The molecule has 2 unspecified atom stereocenters. The summed E-state index contributed by atoms with van der Waals surface area (Å²) in [4.78, 5) is 32.6. The van der Waals surface area contributed by atoms with Crippen LogP contribution in [0.4, 0.5) is 0 Å². The van der Waals surface area contributed by atoms with E-state index in [1.54, 1.807) is 29.4 Å². The third-order valence-corrected chi connectivity index (χ3v) is 4.79. The first-order valence-electron chi connectivity index (χ1n) is 8.36. The summed E-state index contributed by atoms with van der Waals surface area (Å²) in [5.74, 6) is -0.0733. The molecule has 1 aromatic heterocycles. The molecule has 0 bridgehead atoms. The van der Waals surface area contributed by atoms with Gasteiger partial charge >= 0.3 is 0 Å². The van der Waals surface area contributed by atoms with Crippen LogP contribution in [0.25, 0.3) is 0 Å². The van der Waals surface area contributed by atoms with Crippen molar-refractivity contribution < 1.29 is 14.3 Å². The molecule has 2 atom stereocenters. The number of carbonyl (C=O) groups excluding carboxylic acids is 2. The fourth-order valence-electron chi connectivity index (χ4n) is 3.49. The highest BCUT2D eigenvalue weighted by Crippen LogP contribution is 2.26. The predicted octanol–water partition coefficient (Wildman–Crippen LogP) is 1.33. The summed E-state index contributed by atoms with van der Waals surface area (Å²) < 4.78 is 5.70. The fourth-order valence-corrected chi connectivity index (χ4v) is 3.49. The number of carbonyl (C=O) groups is 2. The predicted molar refractivity (Wildman–Crippen MR) is 90.7 cm³/mol. The fraction of sp³-hybridized carbons (Fsp3) is 0.316. The second-order valence-corrected chi connectivity index (χ2v) is 6.37. The van der Waals surface area contributed by atoms with E-state index in [1.165, 1.54) is 0 Å². The van der Waals surface area contributed by atoms with Gasteiger partial charge in [-0.05, 0) is 17.7 Å². The lowest BCUT2D eigenvalue weighted by Gasteiger charge is -2.36. The Morgan fingerprint density at radius 3 is 2.64 bits per heavy atom. The minimum Gasteiger partial charge on any atom is -0.364 e. The molecule has 2 amide bonds. The highest BCUT2D eigenvalue weighted by atomic mass is 16.5. The lowest BCUT2D eigenvalue weighted by molar-refractivity contribution is -0.153. The average Bonchev–Trinajstić information content (AvgIpc) is 3.10. The first-order chi connectivity index (χ1) is 12.2. The summed E-state index contributed by atoms with van der Waals surface area (Å²) in [5.41, 5.74) is 1.69. The second kappa shape index (κ2) is 6.64. The molecule has 0 saturated carbocycles. The standard InChI is InChI=1S/C19H19N3O3/c23-18-13-25-17-12-21(19(24)15-6-8-20-9-7-15)11-16(17)22(18)10-14-4-2-1-3-5-14/h1-9,16-17H,10-13H2. The molecule has 2 aliphatic heterocycles. The third kappa shape index (κ3) is 3.13. The monoisotopic (exact) mass is 337 g/mol. The van der Waals surface area contributed by atoms with E-state index in [9.17, 15) is 9.59 Å². The van der Waals surface area contributed by atoms with Crippen LogP contribution in [-0.2, 0) is 16.1 Å². The van der Waals surface area contributed by atoms with Crippen molar-refractivity contribution in [3.05, 3.63) is 66.0 Å². The topological polar surface area (TPSA) is 62.7 Å². The molecule has 128 valence electrons. The quantitative estimate of drug-likeness (QED) is 0.848. The van der Waals surface area contributed by atoms with Gasteiger partial charge in [-0.25, -0.2) is 0 Å². The highest BCUT2D eigenvalue weighted by molar-refractivity contribution is 5.94. The van der Waals surface area contributed by atoms with Gasteiger partial charge in [-0.1, -0.05) is 30.3 Å². The Kier molecular flexibility index (Phi) is 4.19. The molecule has 3 heterocycles. The molecule has 1 aromatic carbocycles. The van der Waals surface area contributed by atoms with Gasteiger partial charge in [0.1, 0.15) is 6.61 Å². The Labute approximate surface area is 146 Å². The summed E-state index contributed by atoms with van der Waals surface area (Å²) in [6, 6.07) is 13.2. The number of rotatable bonds is 3. The van der Waals surface area contributed by atoms with Gasteiger partial charge in [-0.2, -0.15) is 0 Å². The van der Waals surface area contributed by atoms with E-state index in [0.717, 1.165) is 5.56 Å². The number of pyridine rings is 1. The van der Waals surface area contributed by atoms with E-state index in [1.807, 2.05) is 35.2 Å². The molecule has 2 aliphatic rings. The van der Waals surface area contributed by atoms with Gasteiger partial charge in [0.2, 0.25) is 5.91 Å². The Balaban J connectivity index is 1.52. The Morgan fingerprint density at radius 2 is 1.88 bits per heavy atom. The zero-order valence-electron chi connectivity index (χ0n) is 13.7. The SMILES string of the molecule is O=C(c1ccncc1)N1CC2OCC(=O)N(Cc3ccccc3)C2C1. The minimum atomic E-state index is -0.132. The van der Waals surface area contributed by atoms with Crippen molar-refractivity contribution in [2.75, 3.05) is 19.7 Å². The van der Waals surface area contributed by atoms with E-state index in [2.05, 4.69) is 4.98 Å². The summed E-state index contributed by atoms with van der Waals surface area (Å²) in [7, 11) is 0. The first-order valence-corrected chi connectivity index (χ1v) is 8.36. The first kappa shape index (κ1) is 15.8. The molecule has 4 rings (SSSR count). The lowest BCUT2D eigenvalue weighted by Crippen LogP contribution is -2.53. The number of hydrogen-bond donors (Lipinski definition) is 0. The van der Waals surface area contributed by atoms with Gasteiger partial charge in [0.25, 0.3) is 5.91 Å². The van der Waals surface area contributed by atoms with Crippen LogP contribution in [0.15, 0.2) is 54.9 Å². The van der Waals surface area contributed by atoms with Crippen molar-refractivity contribution in [3.8, 4) is 0 Å². The molecule has 6 heteroatoms. The van der Waals surface area contributed by atoms with Crippen LogP contribution in [0.2, 0.25) is 0 Å². The summed E-state index contributed by atoms with van der Waals surface area (Å²) in [6.07, 6.45) is 3.09. The van der Waals surface area contributed by atoms with E-state index in [0.29, 0.717) is 25.2 Å². The van der Waals surface area contributed by atoms with E-state index in [-0.39, 0.29) is 30.6 Å². The number of hydrogen-bond acceptors (Lipinski definition) is 4. The second-order valence-electron chi connectivity index (χ2n) is 6.37. The van der Waals surface area contributed by atoms with Crippen molar-refractivity contribution in [2.45, 2.75) is 18.7 Å². The number of benzene rings is 1. The molecule has 0 spiro atoms. The molecule has 0 radical (unpaired) electrons. The number of nitrogens with zero attached hydrogens (tertiary/aromatic N) is 3. The normalized spacial score (nSPS) is 22.8. The van der Waals surface area contributed by atoms with Crippen molar-refractivity contribution in [1.29, 1.82) is 0 Å². The van der Waals surface area contributed by atoms with E-state index >= 15 is 0 Å². The average molecular weight is 337 g/mol. The molecule has 2 aromatic rings.